The molecule has 0 atom stereocenters. The third-order valence-corrected chi connectivity index (χ3v) is 5.77. The van der Waals surface area contributed by atoms with Crippen LogP contribution in [0.4, 0.5) is 5.95 Å². The number of amides is 1. The molecule has 0 aliphatic carbocycles. The second-order valence-electron chi connectivity index (χ2n) is 6.65. The van der Waals surface area contributed by atoms with Gasteiger partial charge < -0.3 is 14.7 Å². The maximum atomic E-state index is 12.4. The minimum Gasteiger partial charge on any atom is -0.355 e. The lowest BCUT2D eigenvalue weighted by atomic mass is 9.96. The number of nitrogens with zero attached hydrogens (tertiary/aromatic N) is 3. The van der Waals surface area contributed by atoms with Crippen LogP contribution in [0, 0.1) is 5.92 Å². The molecule has 1 aromatic carbocycles. The second-order valence-corrected chi connectivity index (χ2v) is 7.68. The van der Waals surface area contributed by atoms with E-state index >= 15 is 0 Å². The third-order valence-electron chi connectivity index (χ3n) is 4.84. The summed E-state index contributed by atoms with van der Waals surface area (Å²) in [4.78, 5) is 20.3. The van der Waals surface area contributed by atoms with Gasteiger partial charge in [0.25, 0.3) is 11.8 Å². The van der Waals surface area contributed by atoms with Crippen LogP contribution in [0.25, 0.3) is 11.5 Å². The van der Waals surface area contributed by atoms with E-state index in [0.717, 1.165) is 37.9 Å². The van der Waals surface area contributed by atoms with Gasteiger partial charge in [0.1, 0.15) is 0 Å². The molecular formula is C20H22N4O2S. The summed E-state index contributed by atoms with van der Waals surface area (Å²) in [6.07, 6.45) is 2.51. The van der Waals surface area contributed by atoms with E-state index in [2.05, 4.69) is 31.8 Å². The molecule has 27 heavy (non-hydrogen) atoms. The summed E-state index contributed by atoms with van der Waals surface area (Å²) in [7, 11) is 0. The normalized spacial score (nSPS) is 15.0. The Kier molecular flexibility index (Phi) is 5.48. The van der Waals surface area contributed by atoms with Crippen LogP contribution >= 0.6 is 11.3 Å². The summed E-state index contributed by atoms with van der Waals surface area (Å²) in [6, 6.07) is 13.9. The molecule has 1 aliphatic rings. The Morgan fingerprint density at radius 1 is 1.19 bits per heavy atom. The molecule has 7 heteroatoms. The van der Waals surface area contributed by atoms with E-state index in [1.54, 1.807) is 11.3 Å². The van der Waals surface area contributed by atoms with E-state index < -0.39 is 0 Å². The molecule has 3 aromatic rings. The number of carbonyl (C=O) groups is 1. The van der Waals surface area contributed by atoms with Crippen molar-refractivity contribution in [3.8, 4) is 11.5 Å². The van der Waals surface area contributed by atoms with Crippen molar-refractivity contribution in [2.75, 3.05) is 24.5 Å². The highest BCUT2D eigenvalue weighted by atomic mass is 32.1. The van der Waals surface area contributed by atoms with Crippen LogP contribution in [-0.4, -0.2) is 35.7 Å². The van der Waals surface area contributed by atoms with Crippen molar-refractivity contribution < 1.29 is 9.32 Å². The number of thiophene rings is 1. The molecule has 1 N–H and O–H groups in total. The van der Waals surface area contributed by atoms with Gasteiger partial charge in [0.2, 0.25) is 5.91 Å². The first kappa shape index (κ1) is 17.7. The van der Waals surface area contributed by atoms with Gasteiger partial charge in [-0.25, -0.2) is 0 Å². The van der Waals surface area contributed by atoms with Crippen LogP contribution in [0.5, 0.6) is 0 Å². The standard InChI is InChI=1S/C20H22N4O2S/c25-18(21-11-8-17-7-4-14-27-17)15-9-12-24(13-10-15)20-22-19(26-23-20)16-5-2-1-3-6-16/h1-7,14-15H,8-13H2,(H,21,25). The minimum atomic E-state index is 0.0603. The summed E-state index contributed by atoms with van der Waals surface area (Å²) >= 11 is 1.73. The molecule has 0 radical (unpaired) electrons. The zero-order valence-corrected chi connectivity index (χ0v) is 15.8. The van der Waals surface area contributed by atoms with E-state index in [1.807, 2.05) is 36.4 Å². The van der Waals surface area contributed by atoms with Crippen LogP contribution < -0.4 is 10.2 Å². The van der Waals surface area contributed by atoms with Crippen molar-refractivity contribution in [3.05, 3.63) is 52.7 Å². The van der Waals surface area contributed by atoms with Gasteiger partial charge in [0, 0.05) is 36.0 Å². The number of piperidine rings is 1. The molecule has 1 fully saturated rings. The number of anilines is 1. The van der Waals surface area contributed by atoms with Crippen LogP contribution in [0.3, 0.4) is 0 Å². The number of aromatic nitrogens is 2. The van der Waals surface area contributed by atoms with E-state index in [1.165, 1.54) is 4.88 Å². The lowest BCUT2D eigenvalue weighted by Gasteiger charge is -2.30. The van der Waals surface area contributed by atoms with E-state index in [4.69, 9.17) is 4.52 Å². The summed E-state index contributed by atoms with van der Waals surface area (Å²) in [6.45, 7) is 2.22. The van der Waals surface area contributed by atoms with Gasteiger partial charge in [0.15, 0.2) is 0 Å². The molecular weight excluding hydrogens is 360 g/mol. The van der Waals surface area contributed by atoms with Crippen LogP contribution in [0.2, 0.25) is 0 Å². The van der Waals surface area contributed by atoms with Gasteiger partial charge in [0.05, 0.1) is 0 Å². The maximum Gasteiger partial charge on any atom is 0.266 e. The Hall–Kier alpha value is -2.67. The number of rotatable bonds is 6. The fraction of sp³-hybridized carbons (Fsp3) is 0.350. The second kappa shape index (κ2) is 8.35. The van der Waals surface area contributed by atoms with Gasteiger partial charge in [-0.2, -0.15) is 4.98 Å². The first-order chi connectivity index (χ1) is 13.3. The van der Waals surface area contributed by atoms with Crippen molar-refractivity contribution in [3.63, 3.8) is 0 Å². The fourth-order valence-corrected chi connectivity index (χ4v) is 4.00. The lowest BCUT2D eigenvalue weighted by molar-refractivity contribution is -0.125. The number of hydrogen-bond donors (Lipinski definition) is 1. The number of benzene rings is 1. The number of nitrogens with one attached hydrogen (secondary N) is 1. The predicted octanol–water partition coefficient (Wildman–Crippen LogP) is 3.37. The Morgan fingerprint density at radius 3 is 2.74 bits per heavy atom. The van der Waals surface area contributed by atoms with Crippen LogP contribution in [0.15, 0.2) is 52.4 Å². The summed E-state index contributed by atoms with van der Waals surface area (Å²) < 4.78 is 5.39. The van der Waals surface area contributed by atoms with Crippen molar-refractivity contribution in [2.24, 2.45) is 5.92 Å². The van der Waals surface area contributed by atoms with Gasteiger partial charge in [-0.3, -0.25) is 4.79 Å². The molecule has 0 unspecified atom stereocenters. The Balaban J connectivity index is 1.26. The highest BCUT2D eigenvalue weighted by molar-refractivity contribution is 7.09. The highest BCUT2D eigenvalue weighted by Gasteiger charge is 2.27. The Labute approximate surface area is 162 Å². The van der Waals surface area contributed by atoms with E-state index in [0.29, 0.717) is 18.4 Å². The topological polar surface area (TPSA) is 71.3 Å². The largest absolute Gasteiger partial charge is 0.355 e. The average molecular weight is 382 g/mol. The highest BCUT2D eigenvalue weighted by Crippen LogP contribution is 2.24. The SMILES string of the molecule is O=C(NCCc1cccs1)C1CCN(c2noc(-c3ccccc3)n2)CC1. The number of carbonyl (C=O) groups excluding carboxylic acids is 1. The molecule has 0 spiro atoms. The van der Waals surface area contributed by atoms with Gasteiger partial charge in [-0.15, -0.1) is 11.3 Å². The lowest BCUT2D eigenvalue weighted by Crippen LogP contribution is -2.41. The Bertz CT molecular complexity index is 855. The molecule has 4 rings (SSSR count). The van der Waals surface area contributed by atoms with Crippen molar-refractivity contribution in [2.45, 2.75) is 19.3 Å². The first-order valence-electron chi connectivity index (χ1n) is 9.24. The summed E-state index contributed by atoms with van der Waals surface area (Å²) in [5.74, 6) is 1.35. The first-order valence-corrected chi connectivity index (χ1v) is 10.1. The van der Waals surface area contributed by atoms with Crippen LogP contribution in [0.1, 0.15) is 17.7 Å². The zero-order valence-electron chi connectivity index (χ0n) is 15.0. The third kappa shape index (κ3) is 4.36. The van der Waals surface area contributed by atoms with Crippen molar-refractivity contribution in [1.29, 1.82) is 0 Å². The predicted molar refractivity (Wildman–Crippen MR) is 106 cm³/mol. The molecule has 2 aromatic heterocycles. The Morgan fingerprint density at radius 2 is 2.00 bits per heavy atom. The molecule has 140 valence electrons. The maximum absolute atomic E-state index is 12.4. The molecule has 0 saturated carbocycles. The monoisotopic (exact) mass is 382 g/mol. The van der Waals surface area contributed by atoms with Crippen molar-refractivity contribution >= 4 is 23.2 Å². The molecule has 6 nitrogen and oxygen atoms in total. The van der Waals surface area contributed by atoms with Crippen molar-refractivity contribution in [1.82, 2.24) is 15.5 Å². The molecule has 3 heterocycles. The van der Waals surface area contributed by atoms with Gasteiger partial charge in [-0.1, -0.05) is 24.3 Å². The minimum absolute atomic E-state index is 0.0603. The molecule has 1 aliphatic heterocycles. The van der Waals surface area contributed by atoms with Gasteiger partial charge >= 0.3 is 0 Å². The fourth-order valence-electron chi connectivity index (χ4n) is 3.29. The quantitative estimate of drug-likeness (QED) is 0.708. The molecule has 1 amide bonds. The molecule has 1 saturated heterocycles. The average Bonchev–Trinajstić information content (AvgIpc) is 3.41. The summed E-state index contributed by atoms with van der Waals surface area (Å²) in [5, 5.41) is 9.24. The van der Waals surface area contributed by atoms with E-state index in [-0.39, 0.29) is 11.8 Å². The van der Waals surface area contributed by atoms with Gasteiger partial charge in [-0.05, 0) is 48.0 Å². The smallest absolute Gasteiger partial charge is 0.266 e. The zero-order chi connectivity index (χ0) is 18.5. The van der Waals surface area contributed by atoms with Crippen LogP contribution in [-0.2, 0) is 11.2 Å². The summed E-state index contributed by atoms with van der Waals surface area (Å²) in [5.41, 5.74) is 0.913. The van der Waals surface area contributed by atoms with E-state index in [9.17, 15) is 4.79 Å². The number of hydrogen-bond acceptors (Lipinski definition) is 6. The molecule has 0 bridgehead atoms.